The minimum Gasteiger partial charge on any atom is -0.336 e. The summed E-state index contributed by atoms with van der Waals surface area (Å²) in [5.41, 5.74) is 0.675. The Morgan fingerprint density at radius 3 is 2.82 bits per heavy atom. The van der Waals surface area contributed by atoms with E-state index in [0.717, 1.165) is 19.6 Å². The molecule has 1 aliphatic rings. The molecule has 1 aromatic carbocycles. The molecule has 1 amide bonds. The number of carbonyl (C=O) groups is 1. The van der Waals surface area contributed by atoms with Gasteiger partial charge < -0.3 is 9.80 Å². The summed E-state index contributed by atoms with van der Waals surface area (Å²) < 4.78 is 0. The number of rotatable bonds is 1. The topological polar surface area (TPSA) is 23.6 Å². The van der Waals surface area contributed by atoms with Crippen LogP contribution in [0.5, 0.6) is 0 Å². The molecule has 0 spiro atoms. The zero-order chi connectivity index (χ0) is 12.4. The van der Waals surface area contributed by atoms with Gasteiger partial charge in [-0.05, 0) is 32.2 Å². The standard InChI is InChI=1S/C13H17ClN2O/c1-10-9-16(7-6-15(10)2)13(17)11-4-3-5-12(14)8-11/h3-5,8,10H,6-7,9H2,1-2H3. The number of carbonyl (C=O) groups excluding carboxylic acids is 1. The Hall–Kier alpha value is -1.06. The lowest BCUT2D eigenvalue weighted by molar-refractivity contribution is 0.0572. The Labute approximate surface area is 107 Å². The summed E-state index contributed by atoms with van der Waals surface area (Å²) in [5, 5.41) is 0.609. The van der Waals surface area contributed by atoms with Crippen molar-refractivity contribution < 1.29 is 4.79 Å². The first-order chi connectivity index (χ1) is 8.08. The molecule has 4 heteroatoms. The highest BCUT2D eigenvalue weighted by atomic mass is 35.5. The molecule has 1 heterocycles. The quantitative estimate of drug-likeness (QED) is 0.764. The van der Waals surface area contributed by atoms with Gasteiger partial charge >= 0.3 is 0 Å². The molecule has 1 fully saturated rings. The molecule has 3 nitrogen and oxygen atoms in total. The molecule has 0 N–H and O–H groups in total. The van der Waals surface area contributed by atoms with Gasteiger partial charge in [0.2, 0.25) is 0 Å². The van der Waals surface area contributed by atoms with Gasteiger partial charge in [0.25, 0.3) is 5.91 Å². The van der Waals surface area contributed by atoms with E-state index in [4.69, 9.17) is 11.6 Å². The smallest absolute Gasteiger partial charge is 0.254 e. The second-order valence-electron chi connectivity index (χ2n) is 4.59. The Kier molecular flexibility index (Phi) is 3.69. The Morgan fingerprint density at radius 1 is 1.41 bits per heavy atom. The first-order valence-corrected chi connectivity index (χ1v) is 6.21. The zero-order valence-corrected chi connectivity index (χ0v) is 10.9. The fraction of sp³-hybridized carbons (Fsp3) is 0.462. The van der Waals surface area contributed by atoms with Crippen molar-refractivity contribution in [3.63, 3.8) is 0 Å². The van der Waals surface area contributed by atoms with E-state index in [1.807, 2.05) is 17.0 Å². The van der Waals surface area contributed by atoms with Crippen LogP contribution in [0.25, 0.3) is 0 Å². The van der Waals surface area contributed by atoms with Crippen LogP contribution in [0.1, 0.15) is 17.3 Å². The Balaban J connectivity index is 2.10. The van der Waals surface area contributed by atoms with Crippen molar-refractivity contribution in [1.82, 2.24) is 9.80 Å². The van der Waals surface area contributed by atoms with Crippen molar-refractivity contribution in [3.8, 4) is 0 Å². The number of likely N-dealkylation sites (N-methyl/N-ethyl adjacent to an activating group) is 1. The normalized spacial score (nSPS) is 21.6. The average Bonchev–Trinajstić information content (AvgIpc) is 2.32. The van der Waals surface area contributed by atoms with Gasteiger partial charge in [0, 0.05) is 36.3 Å². The van der Waals surface area contributed by atoms with Crippen LogP contribution in [-0.4, -0.2) is 48.4 Å². The highest BCUT2D eigenvalue weighted by molar-refractivity contribution is 6.30. The number of hydrogen-bond acceptors (Lipinski definition) is 2. The molecular formula is C13H17ClN2O. The van der Waals surface area contributed by atoms with Crippen LogP contribution in [0, 0.1) is 0 Å². The number of piperazine rings is 1. The molecule has 0 radical (unpaired) electrons. The van der Waals surface area contributed by atoms with Gasteiger partial charge in [0.1, 0.15) is 0 Å². The second kappa shape index (κ2) is 5.07. The van der Waals surface area contributed by atoms with Crippen LogP contribution in [0.15, 0.2) is 24.3 Å². The van der Waals surface area contributed by atoms with Crippen molar-refractivity contribution in [2.24, 2.45) is 0 Å². The van der Waals surface area contributed by atoms with Crippen LogP contribution in [0.3, 0.4) is 0 Å². The lowest BCUT2D eigenvalue weighted by atomic mass is 10.1. The third kappa shape index (κ3) is 2.79. The molecule has 0 aromatic heterocycles. The molecule has 1 aromatic rings. The van der Waals surface area contributed by atoms with Crippen LogP contribution in [-0.2, 0) is 0 Å². The van der Waals surface area contributed by atoms with Crippen molar-refractivity contribution in [2.45, 2.75) is 13.0 Å². The molecule has 1 atom stereocenters. The van der Waals surface area contributed by atoms with Crippen LogP contribution in [0.2, 0.25) is 5.02 Å². The van der Waals surface area contributed by atoms with Gasteiger partial charge in [0.15, 0.2) is 0 Å². The number of halogens is 1. The molecule has 0 saturated carbocycles. The molecule has 92 valence electrons. The number of nitrogens with zero attached hydrogens (tertiary/aromatic N) is 2. The van der Waals surface area contributed by atoms with E-state index >= 15 is 0 Å². The molecule has 0 bridgehead atoms. The Bertz CT molecular complexity index is 422. The molecule has 0 aliphatic carbocycles. The highest BCUT2D eigenvalue weighted by Gasteiger charge is 2.24. The summed E-state index contributed by atoms with van der Waals surface area (Å²) in [7, 11) is 2.09. The van der Waals surface area contributed by atoms with Crippen LogP contribution < -0.4 is 0 Å². The van der Waals surface area contributed by atoms with Crippen molar-refractivity contribution in [1.29, 1.82) is 0 Å². The number of amides is 1. The number of benzene rings is 1. The molecule has 17 heavy (non-hydrogen) atoms. The van der Waals surface area contributed by atoms with E-state index in [0.29, 0.717) is 16.6 Å². The van der Waals surface area contributed by atoms with Gasteiger partial charge in [-0.1, -0.05) is 17.7 Å². The largest absolute Gasteiger partial charge is 0.336 e. The van der Waals surface area contributed by atoms with Gasteiger partial charge in [-0.25, -0.2) is 0 Å². The van der Waals surface area contributed by atoms with Gasteiger partial charge in [-0.15, -0.1) is 0 Å². The number of hydrogen-bond donors (Lipinski definition) is 0. The minimum atomic E-state index is 0.0763. The summed E-state index contributed by atoms with van der Waals surface area (Å²) in [5.74, 6) is 0.0763. The summed E-state index contributed by atoms with van der Waals surface area (Å²) in [6, 6.07) is 7.55. The molecule has 2 rings (SSSR count). The van der Waals surface area contributed by atoms with Crippen molar-refractivity contribution in [2.75, 3.05) is 26.7 Å². The van der Waals surface area contributed by atoms with E-state index < -0.39 is 0 Å². The van der Waals surface area contributed by atoms with Crippen LogP contribution in [0.4, 0.5) is 0 Å². The minimum absolute atomic E-state index is 0.0763. The predicted octanol–water partition coefficient (Wildman–Crippen LogP) is 2.12. The van der Waals surface area contributed by atoms with Crippen LogP contribution >= 0.6 is 11.6 Å². The third-order valence-corrected chi connectivity index (χ3v) is 3.55. The molecule has 1 unspecified atom stereocenters. The van der Waals surface area contributed by atoms with Gasteiger partial charge in [-0.3, -0.25) is 4.79 Å². The zero-order valence-electron chi connectivity index (χ0n) is 10.2. The van der Waals surface area contributed by atoms with Gasteiger partial charge in [0.05, 0.1) is 0 Å². The van der Waals surface area contributed by atoms with Crippen molar-refractivity contribution >= 4 is 17.5 Å². The van der Waals surface area contributed by atoms with E-state index in [1.165, 1.54) is 0 Å². The predicted molar refractivity (Wildman–Crippen MR) is 69.4 cm³/mol. The molecular weight excluding hydrogens is 236 g/mol. The van der Waals surface area contributed by atoms with Gasteiger partial charge in [-0.2, -0.15) is 0 Å². The Morgan fingerprint density at radius 2 is 2.18 bits per heavy atom. The van der Waals surface area contributed by atoms with E-state index in [-0.39, 0.29) is 5.91 Å². The maximum Gasteiger partial charge on any atom is 0.254 e. The fourth-order valence-corrected chi connectivity index (χ4v) is 2.23. The summed E-state index contributed by atoms with van der Waals surface area (Å²) in [6.45, 7) is 4.62. The third-order valence-electron chi connectivity index (χ3n) is 3.32. The first-order valence-electron chi connectivity index (χ1n) is 5.83. The summed E-state index contributed by atoms with van der Waals surface area (Å²) in [4.78, 5) is 16.4. The lowest BCUT2D eigenvalue weighted by Crippen LogP contribution is -2.52. The maximum absolute atomic E-state index is 12.3. The fourth-order valence-electron chi connectivity index (χ4n) is 2.04. The molecule has 1 aliphatic heterocycles. The monoisotopic (exact) mass is 252 g/mol. The average molecular weight is 253 g/mol. The second-order valence-corrected chi connectivity index (χ2v) is 5.03. The van der Waals surface area contributed by atoms with E-state index in [1.54, 1.807) is 12.1 Å². The molecule has 1 saturated heterocycles. The highest BCUT2D eigenvalue weighted by Crippen LogP contribution is 2.15. The lowest BCUT2D eigenvalue weighted by Gasteiger charge is -2.37. The maximum atomic E-state index is 12.3. The van der Waals surface area contributed by atoms with Crippen molar-refractivity contribution in [3.05, 3.63) is 34.9 Å². The van der Waals surface area contributed by atoms with E-state index in [2.05, 4.69) is 18.9 Å². The first kappa shape index (κ1) is 12.4. The SMILES string of the molecule is CC1CN(C(=O)c2cccc(Cl)c2)CCN1C. The summed E-state index contributed by atoms with van der Waals surface area (Å²) >= 11 is 5.90. The van der Waals surface area contributed by atoms with E-state index in [9.17, 15) is 4.79 Å². The summed E-state index contributed by atoms with van der Waals surface area (Å²) in [6.07, 6.45) is 0.